The Morgan fingerprint density at radius 3 is 2.90 bits per heavy atom. The first-order valence-electron chi connectivity index (χ1n) is 7.19. The number of nitrogens with zero attached hydrogens (tertiary/aromatic N) is 2. The number of thiophene rings is 1. The summed E-state index contributed by atoms with van der Waals surface area (Å²) in [6.45, 7) is 3.39. The van der Waals surface area contributed by atoms with Gasteiger partial charge < -0.3 is 9.80 Å². The molecule has 0 N–H and O–H groups in total. The van der Waals surface area contributed by atoms with Gasteiger partial charge in [0.25, 0.3) is 0 Å². The summed E-state index contributed by atoms with van der Waals surface area (Å²) >= 11 is 1.60. The monoisotopic (exact) mass is 294 g/mol. The second-order valence-electron chi connectivity index (χ2n) is 5.31. The van der Waals surface area contributed by atoms with Gasteiger partial charge in [-0.05, 0) is 28.8 Å². The molecular formula is C15H22N2O2S. The first-order chi connectivity index (χ1) is 9.63. The molecule has 2 amide bonds. The van der Waals surface area contributed by atoms with E-state index in [1.54, 1.807) is 21.1 Å². The van der Waals surface area contributed by atoms with E-state index in [2.05, 4.69) is 6.92 Å². The molecule has 1 aromatic rings. The molecule has 5 heteroatoms. The Balaban J connectivity index is 2.06. The summed E-state index contributed by atoms with van der Waals surface area (Å²) in [5.41, 5.74) is 1.04. The van der Waals surface area contributed by atoms with Gasteiger partial charge in [0.2, 0.25) is 11.8 Å². The van der Waals surface area contributed by atoms with Crippen LogP contribution < -0.4 is 0 Å². The third-order valence-electron chi connectivity index (χ3n) is 3.80. The van der Waals surface area contributed by atoms with E-state index in [1.165, 1.54) is 0 Å². The van der Waals surface area contributed by atoms with Crippen molar-refractivity contribution in [1.82, 2.24) is 9.80 Å². The van der Waals surface area contributed by atoms with E-state index in [1.807, 2.05) is 23.9 Å². The van der Waals surface area contributed by atoms with Crippen molar-refractivity contribution in [1.29, 1.82) is 0 Å². The second-order valence-corrected chi connectivity index (χ2v) is 6.09. The molecule has 110 valence electrons. The molecule has 4 nitrogen and oxygen atoms in total. The van der Waals surface area contributed by atoms with Crippen molar-refractivity contribution in [3.8, 4) is 0 Å². The third-order valence-corrected chi connectivity index (χ3v) is 4.53. The fourth-order valence-corrected chi connectivity index (χ4v) is 3.22. The normalized spacial score (nSPS) is 19.5. The fraction of sp³-hybridized carbons (Fsp3) is 0.600. The van der Waals surface area contributed by atoms with Gasteiger partial charge in [-0.3, -0.25) is 9.59 Å². The zero-order valence-electron chi connectivity index (χ0n) is 12.2. The summed E-state index contributed by atoms with van der Waals surface area (Å²) in [4.78, 5) is 28.3. The Morgan fingerprint density at radius 2 is 2.25 bits per heavy atom. The predicted molar refractivity (Wildman–Crippen MR) is 80.7 cm³/mol. The predicted octanol–water partition coefficient (Wildman–Crippen LogP) is 2.15. The van der Waals surface area contributed by atoms with Gasteiger partial charge in [-0.15, -0.1) is 0 Å². The van der Waals surface area contributed by atoms with E-state index in [0.717, 1.165) is 24.8 Å². The van der Waals surface area contributed by atoms with E-state index >= 15 is 0 Å². The van der Waals surface area contributed by atoms with Gasteiger partial charge in [-0.1, -0.05) is 19.8 Å². The number of hydrogen-bond donors (Lipinski definition) is 0. The first-order valence-corrected chi connectivity index (χ1v) is 8.13. The highest BCUT2D eigenvalue weighted by atomic mass is 32.1. The Hall–Kier alpha value is -1.36. The maximum atomic E-state index is 12.5. The molecule has 2 rings (SSSR count). The molecule has 0 bridgehead atoms. The maximum absolute atomic E-state index is 12.5. The first kappa shape index (κ1) is 15.0. The Labute approximate surface area is 124 Å². The molecule has 0 spiro atoms. The number of amides is 2. The number of carbonyl (C=O) groups excluding carboxylic acids is 2. The second kappa shape index (κ2) is 6.88. The van der Waals surface area contributed by atoms with Crippen molar-refractivity contribution in [2.75, 3.05) is 20.1 Å². The lowest BCUT2D eigenvalue weighted by Gasteiger charge is -2.39. The lowest BCUT2D eigenvalue weighted by molar-refractivity contribution is -0.150. The highest BCUT2D eigenvalue weighted by Gasteiger charge is 2.35. The van der Waals surface area contributed by atoms with Gasteiger partial charge in [0, 0.05) is 20.1 Å². The van der Waals surface area contributed by atoms with Gasteiger partial charge in [-0.2, -0.15) is 11.3 Å². The van der Waals surface area contributed by atoms with E-state index < -0.39 is 0 Å². The van der Waals surface area contributed by atoms with Crippen LogP contribution in [-0.2, 0) is 16.0 Å². The van der Waals surface area contributed by atoms with Gasteiger partial charge in [0.1, 0.15) is 6.04 Å². The minimum atomic E-state index is -0.264. The van der Waals surface area contributed by atoms with Crippen molar-refractivity contribution in [2.45, 2.75) is 38.6 Å². The van der Waals surface area contributed by atoms with Crippen LogP contribution in [0.5, 0.6) is 0 Å². The van der Waals surface area contributed by atoms with Crippen LogP contribution in [0.25, 0.3) is 0 Å². The van der Waals surface area contributed by atoms with Gasteiger partial charge in [-0.25, -0.2) is 0 Å². The highest BCUT2D eigenvalue weighted by molar-refractivity contribution is 7.07. The maximum Gasteiger partial charge on any atom is 0.245 e. The molecule has 0 unspecified atom stereocenters. The Kier molecular flexibility index (Phi) is 5.17. The standard InChI is InChI=1S/C15H22N2O2S/c1-3-4-5-13-15(19)16(2)7-8-17(13)14(18)10-12-6-9-20-11-12/h6,9,11,13H,3-5,7-8,10H2,1-2H3/t13-/m1/s1. The molecule has 0 aromatic carbocycles. The van der Waals surface area contributed by atoms with Crippen molar-refractivity contribution in [3.05, 3.63) is 22.4 Å². The molecule has 20 heavy (non-hydrogen) atoms. The number of unbranched alkanes of at least 4 members (excludes halogenated alkanes) is 1. The minimum absolute atomic E-state index is 0.0750. The molecule has 1 aliphatic heterocycles. The van der Waals surface area contributed by atoms with Crippen molar-refractivity contribution < 1.29 is 9.59 Å². The van der Waals surface area contributed by atoms with Crippen LogP contribution in [0, 0.1) is 0 Å². The van der Waals surface area contributed by atoms with Crippen LogP contribution in [0.15, 0.2) is 16.8 Å². The van der Waals surface area contributed by atoms with Crippen LogP contribution in [0.4, 0.5) is 0 Å². The van der Waals surface area contributed by atoms with E-state index in [9.17, 15) is 9.59 Å². The van der Waals surface area contributed by atoms with Crippen molar-refractivity contribution in [2.24, 2.45) is 0 Å². The van der Waals surface area contributed by atoms with E-state index in [-0.39, 0.29) is 17.9 Å². The van der Waals surface area contributed by atoms with Crippen molar-refractivity contribution >= 4 is 23.2 Å². The van der Waals surface area contributed by atoms with Gasteiger partial charge in [0.05, 0.1) is 6.42 Å². The van der Waals surface area contributed by atoms with Gasteiger partial charge in [0.15, 0.2) is 0 Å². The smallest absolute Gasteiger partial charge is 0.245 e. The Bertz CT molecular complexity index is 458. The average molecular weight is 294 g/mol. The quantitative estimate of drug-likeness (QED) is 0.835. The van der Waals surface area contributed by atoms with E-state index in [0.29, 0.717) is 19.5 Å². The largest absolute Gasteiger partial charge is 0.342 e. The van der Waals surface area contributed by atoms with Crippen LogP contribution in [-0.4, -0.2) is 47.8 Å². The lowest BCUT2D eigenvalue weighted by Crippen LogP contribution is -2.57. The summed E-state index contributed by atoms with van der Waals surface area (Å²) in [5, 5.41) is 3.98. The molecule has 1 atom stereocenters. The van der Waals surface area contributed by atoms with Gasteiger partial charge >= 0.3 is 0 Å². The van der Waals surface area contributed by atoms with Crippen LogP contribution >= 0.6 is 11.3 Å². The molecule has 2 heterocycles. The van der Waals surface area contributed by atoms with Crippen LogP contribution in [0.3, 0.4) is 0 Å². The molecule has 1 fully saturated rings. The number of hydrogen-bond acceptors (Lipinski definition) is 3. The Morgan fingerprint density at radius 1 is 1.45 bits per heavy atom. The molecule has 0 radical (unpaired) electrons. The minimum Gasteiger partial charge on any atom is -0.342 e. The fourth-order valence-electron chi connectivity index (χ4n) is 2.56. The summed E-state index contributed by atoms with van der Waals surface area (Å²) in [6, 6.07) is 1.71. The average Bonchev–Trinajstić information content (AvgIpc) is 2.93. The lowest BCUT2D eigenvalue weighted by atomic mass is 10.0. The summed E-state index contributed by atoms with van der Waals surface area (Å²) in [7, 11) is 1.82. The summed E-state index contributed by atoms with van der Waals surface area (Å²) < 4.78 is 0. The molecule has 1 saturated heterocycles. The highest BCUT2D eigenvalue weighted by Crippen LogP contribution is 2.18. The summed E-state index contributed by atoms with van der Waals surface area (Å²) in [5.74, 6) is 0.161. The third kappa shape index (κ3) is 3.39. The molecule has 1 aliphatic rings. The molecule has 1 aromatic heterocycles. The zero-order chi connectivity index (χ0) is 14.5. The summed E-state index contributed by atoms with van der Waals surface area (Å²) in [6.07, 6.45) is 3.20. The SMILES string of the molecule is CCCC[C@@H]1C(=O)N(C)CCN1C(=O)Cc1ccsc1. The number of rotatable bonds is 5. The van der Waals surface area contributed by atoms with Crippen molar-refractivity contribution in [3.63, 3.8) is 0 Å². The molecular weight excluding hydrogens is 272 g/mol. The number of carbonyl (C=O) groups is 2. The zero-order valence-corrected chi connectivity index (χ0v) is 13.0. The molecule has 0 saturated carbocycles. The van der Waals surface area contributed by atoms with E-state index in [4.69, 9.17) is 0 Å². The van der Waals surface area contributed by atoms with Crippen LogP contribution in [0.1, 0.15) is 31.7 Å². The molecule has 0 aliphatic carbocycles. The van der Waals surface area contributed by atoms with Crippen LogP contribution in [0.2, 0.25) is 0 Å². The number of piperazine rings is 1. The number of likely N-dealkylation sites (N-methyl/N-ethyl adjacent to an activating group) is 1. The topological polar surface area (TPSA) is 40.6 Å².